The molecule has 0 unspecified atom stereocenters. The molecule has 1 aromatic carbocycles. The van der Waals surface area contributed by atoms with Gasteiger partial charge in [-0.15, -0.1) is 10.2 Å². The first-order valence-corrected chi connectivity index (χ1v) is 7.73. The molecular weight excluding hydrogens is 322 g/mol. The molecule has 8 heteroatoms. The summed E-state index contributed by atoms with van der Waals surface area (Å²) in [6.07, 6.45) is 3.28. The molecular formula is C17H15N5O3. The van der Waals surface area contributed by atoms with Crippen LogP contribution in [0.25, 0.3) is 16.8 Å². The van der Waals surface area contributed by atoms with E-state index < -0.39 is 0 Å². The highest BCUT2D eigenvalue weighted by molar-refractivity contribution is 5.72. The second-order valence-electron chi connectivity index (χ2n) is 5.59. The van der Waals surface area contributed by atoms with Gasteiger partial charge in [0.25, 0.3) is 5.56 Å². The fourth-order valence-electron chi connectivity index (χ4n) is 2.80. The Labute approximate surface area is 142 Å². The van der Waals surface area contributed by atoms with Gasteiger partial charge in [-0.3, -0.25) is 4.79 Å². The number of aryl methyl sites for hydroxylation is 1. The SMILES string of the molecule is Cc1nnc(Cn2ccn3nc(-c4ccccc4)c(CO)c3c2=O)o1. The third-order valence-corrected chi connectivity index (χ3v) is 3.94. The van der Waals surface area contributed by atoms with Crippen LogP contribution in [-0.2, 0) is 13.2 Å². The van der Waals surface area contributed by atoms with Gasteiger partial charge in [0.15, 0.2) is 0 Å². The van der Waals surface area contributed by atoms with Crippen LogP contribution in [0.5, 0.6) is 0 Å². The fraction of sp³-hybridized carbons (Fsp3) is 0.176. The van der Waals surface area contributed by atoms with Gasteiger partial charge in [-0.1, -0.05) is 30.3 Å². The quantitative estimate of drug-likeness (QED) is 0.604. The van der Waals surface area contributed by atoms with Crippen molar-refractivity contribution in [1.29, 1.82) is 0 Å². The van der Waals surface area contributed by atoms with E-state index in [1.54, 1.807) is 19.3 Å². The van der Waals surface area contributed by atoms with E-state index in [0.717, 1.165) is 5.56 Å². The summed E-state index contributed by atoms with van der Waals surface area (Å²) in [4.78, 5) is 12.9. The predicted molar refractivity (Wildman–Crippen MR) is 88.9 cm³/mol. The number of benzene rings is 1. The van der Waals surface area contributed by atoms with Crippen LogP contribution in [0.15, 0.2) is 51.9 Å². The number of hydrogen-bond acceptors (Lipinski definition) is 6. The maximum atomic E-state index is 12.9. The van der Waals surface area contributed by atoms with Gasteiger partial charge < -0.3 is 14.1 Å². The highest BCUT2D eigenvalue weighted by Crippen LogP contribution is 2.24. The van der Waals surface area contributed by atoms with Crippen LogP contribution in [0, 0.1) is 6.92 Å². The third kappa shape index (κ3) is 2.62. The van der Waals surface area contributed by atoms with Crippen molar-refractivity contribution in [3.8, 4) is 11.3 Å². The molecule has 0 aliphatic rings. The molecule has 0 radical (unpaired) electrons. The average molecular weight is 337 g/mol. The van der Waals surface area contributed by atoms with Crippen molar-refractivity contribution in [1.82, 2.24) is 24.4 Å². The minimum atomic E-state index is -0.285. The van der Waals surface area contributed by atoms with Gasteiger partial charge in [-0.25, -0.2) is 4.52 Å². The van der Waals surface area contributed by atoms with Crippen molar-refractivity contribution in [3.63, 3.8) is 0 Å². The van der Waals surface area contributed by atoms with Crippen LogP contribution in [0.3, 0.4) is 0 Å². The molecule has 0 atom stereocenters. The topological polar surface area (TPSA) is 98.5 Å². The van der Waals surface area contributed by atoms with Crippen molar-refractivity contribution in [2.24, 2.45) is 0 Å². The van der Waals surface area contributed by atoms with Gasteiger partial charge in [0.2, 0.25) is 11.8 Å². The van der Waals surface area contributed by atoms with Gasteiger partial charge in [-0.2, -0.15) is 5.10 Å². The molecule has 0 aliphatic heterocycles. The van der Waals surface area contributed by atoms with Crippen LogP contribution in [0.4, 0.5) is 0 Å². The first-order valence-electron chi connectivity index (χ1n) is 7.73. The number of fused-ring (bicyclic) bond motifs is 1. The summed E-state index contributed by atoms with van der Waals surface area (Å²) in [5.41, 5.74) is 1.98. The van der Waals surface area contributed by atoms with Crippen molar-refractivity contribution in [2.45, 2.75) is 20.1 Å². The first-order chi connectivity index (χ1) is 12.2. The van der Waals surface area contributed by atoms with Crippen molar-refractivity contribution in [2.75, 3.05) is 0 Å². The zero-order chi connectivity index (χ0) is 17.4. The van der Waals surface area contributed by atoms with Crippen LogP contribution in [0.2, 0.25) is 0 Å². The Morgan fingerprint density at radius 2 is 1.96 bits per heavy atom. The van der Waals surface area contributed by atoms with Crippen molar-refractivity contribution < 1.29 is 9.52 Å². The lowest BCUT2D eigenvalue weighted by molar-refractivity contribution is 0.283. The third-order valence-electron chi connectivity index (χ3n) is 3.94. The summed E-state index contributed by atoms with van der Waals surface area (Å²) in [7, 11) is 0. The van der Waals surface area contributed by atoms with E-state index >= 15 is 0 Å². The number of aliphatic hydroxyl groups excluding tert-OH is 1. The lowest BCUT2D eigenvalue weighted by Crippen LogP contribution is -2.22. The molecule has 0 bridgehead atoms. The van der Waals surface area contributed by atoms with Crippen LogP contribution < -0.4 is 5.56 Å². The fourth-order valence-corrected chi connectivity index (χ4v) is 2.80. The molecule has 3 heterocycles. The lowest BCUT2D eigenvalue weighted by Gasteiger charge is -2.03. The Balaban J connectivity index is 1.87. The van der Waals surface area contributed by atoms with Gasteiger partial charge in [-0.05, 0) is 0 Å². The lowest BCUT2D eigenvalue weighted by atomic mass is 10.1. The Bertz CT molecular complexity index is 1090. The minimum absolute atomic E-state index is 0.160. The molecule has 0 amide bonds. The standard InChI is InChI=1S/C17H15N5O3/c1-11-18-19-14(25-11)9-21-7-8-22-16(17(21)24)13(10-23)15(20-22)12-5-3-2-4-6-12/h2-8,23H,9-10H2,1H3. The number of rotatable bonds is 4. The molecule has 4 rings (SSSR count). The molecule has 0 saturated heterocycles. The molecule has 8 nitrogen and oxygen atoms in total. The van der Waals surface area contributed by atoms with E-state index in [9.17, 15) is 9.90 Å². The Morgan fingerprint density at radius 1 is 1.16 bits per heavy atom. The maximum Gasteiger partial charge on any atom is 0.277 e. The van der Waals surface area contributed by atoms with E-state index in [1.165, 1.54) is 9.08 Å². The average Bonchev–Trinajstić information content (AvgIpc) is 3.21. The zero-order valence-corrected chi connectivity index (χ0v) is 13.5. The number of aliphatic hydroxyl groups is 1. The molecule has 126 valence electrons. The van der Waals surface area contributed by atoms with Crippen LogP contribution in [-0.4, -0.2) is 29.5 Å². The van der Waals surface area contributed by atoms with Gasteiger partial charge in [0, 0.05) is 30.4 Å². The summed E-state index contributed by atoms with van der Waals surface area (Å²) in [5, 5.41) is 22.0. The summed E-state index contributed by atoms with van der Waals surface area (Å²) in [6.45, 7) is 1.56. The van der Waals surface area contributed by atoms with E-state index in [2.05, 4.69) is 15.3 Å². The number of nitrogens with zero attached hydrogens (tertiary/aromatic N) is 5. The largest absolute Gasteiger partial charge is 0.424 e. The minimum Gasteiger partial charge on any atom is -0.424 e. The number of aromatic nitrogens is 5. The summed E-state index contributed by atoms with van der Waals surface area (Å²) < 4.78 is 8.28. The molecule has 0 saturated carbocycles. The summed E-state index contributed by atoms with van der Waals surface area (Å²) in [6, 6.07) is 9.45. The predicted octanol–water partition coefficient (Wildman–Crippen LogP) is 1.40. The summed E-state index contributed by atoms with van der Waals surface area (Å²) >= 11 is 0. The molecule has 3 aromatic heterocycles. The van der Waals surface area contributed by atoms with Gasteiger partial charge in [0.1, 0.15) is 12.1 Å². The Hall–Kier alpha value is -3.26. The molecule has 4 aromatic rings. The van der Waals surface area contributed by atoms with E-state index in [4.69, 9.17) is 4.42 Å². The molecule has 0 aliphatic carbocycles. The molecule has 0 fully saturated rings. The van der Waals surface area contributed by atoms with E-state index in [-0.39, 0.29) is 18.7 Å². The first kappa shape index (κ1) is 15.3. The van der Waals surface area contributed by atoms with Crippen molar-refractivity contribution >= 4 is 5.52 Å². The van der Waals surface area contributed by atoms with Crippen molar-refractivity contribution in [3.05, 3.63) is 70.4 Å². The second-order valence-corrected chi connectivity index (χ2v) is 5.59. The van der Waals surface area contributed by atoms with Gasteiger partial charge in [0.05, 0.1) is 12.3 Å². The highest BCUT2D eigenvalue weighted by Gasteiger charge is 2.18. The van der Waals surface area contributed by atoms with E-state index in [0.29, 0.717) is 28.6 Å². The monoisotopic (exact) mass is 337 g/mol. The number of hydrogen-bond donors (Lipinski definition) is 1. The van der Waals surface area contributed by atoms with E-state index in [1.807, 2.05) is 30.3 Å². The molecule has 0 spiro atoms. The Kier molecular flexibility index (Phi) is 3.66. The van der Waals surface area contributed by atoms with Crippen LogP contribution in [0.1, 0.15) is 17.3 Å². The second kappa shape index (κ2) is 5.99. The highest BCUT2D eigenvalue weighted by atomic mass is 16.4. The molecule has 25 heavy (non-hydrogen) atoms. The van der Waals surface area contributed by atoms with Gasteiger partial charge >= 0.3 is 0 Å². The molecule has 1 N–H and O–H groups in total. The Morgan fingerprint density at radius 3 is 2.64 bits per heavy atom. The van der Waals surface area contributed by atoms with Crippen LogP contribution >= 0.6 is 0 Å². The zero-order valence-electron chi connectivity index (χ0n) is 13.5. The maximum absolute atomic E-state index is 12.9. The normalized spacial score (nSPS) is 11.3. The summed E-state index contributed by atoms with van der Waals surface area (Å²) in [5.74, 6) is 0.785. The smallest absolute Gasteiger partial charge is 0.277 e.